The molecule has 2 aromatic rings. The second-order valence-electron chi connectivity index (χ2n) is 7.82. The lowest BCUT2D eigenvalue weighted by Crippen LogP contribution is -2.57. The highest BCUT2D eigenvalue weighted by Crippen LogP contribution is 2.32. The van der Waals surface area contributed by atoms with E-state index in [0.29, 0.717) is 0 Å². The first kappa shape index (κ1) is 23.0. The monoisotopic (exact) mass is 394 g/mol. The quantitative estimate of drug-likeness (QED) is 0.692. The van der Waals surface area contributed by atoms with Crippen LogP contribution >= 0.6 is 24.8 Å². The van der Waals surface area contributed by atoms with Gasteiger partial charge in [-0.15, -0.1) is 24.8 Å². The summed E-state index contributed by atoms with van der Waals surface area (Å²) in [4.78, 5) is 5.25. The summed E-state index contributed by atoms with van der Waals surface area (Å²) >= 11 is 0. The molecule has 0 unspecified atom stereocenters. The van der Waals surface area contributed by atoms with Crippen LogP contribution in [0.25, 0.3) is 0 Å². The molecule has 0 saturated carbocycles. The number of hydrogen-bond donors (Lipinski definition) is 0. The maximum Gasteiger partial charge on any atom is 0.0405 e. The lowest BCUT2D eigenvalue weighted by molar-refractivity contribution is 0.00545. The predicted molar refractivity (Wildman–Crippen MR) is 117 cm³/mol. The Hall–Kier alpha value is -1.06. The third kappa shape index (κ3) is 4.61. The Balaban J connectivity index is 0.00000169. The Kier molecular flexibility index (Phi) is 8.16. The highest BCUT2D eigenvalue weighted by atomic mass is 35.5. The summed E-state index contributed by atoms with van der Waals surface area (Å²) in [5, 5.41) is 0. The fraction of sp³-hybridized carbons (Fsp3) is 0.455. The van der Waals surface area contributed by atoms with Gasteiger partial charge in [0.05, 0.1) is 0 Å². The van der Waals surface area contributed by atoms with Crippen molar-refractivity contribution >= 4 is 24.8 Å². The molecule has 0 spiro atoms. The van der Waals surface area contributed by atoms with Gasteiger partial charge in [0.25, 0.3) is 0 Å². The molecule has 1 saturated heterocycles. The zero-order chi connectivity index (χ0) is 17.2. The molecule has 0 radical (unpaired) electrons. The van der Waals surface area contributed by atoms with E-state index >= 15 is 0 Å². The molecular formula is C22H32Cl2N2. The van der Waals surface area contributed by atoms with E-state index in [9.17, 15) is 0 Å². The molecule has 144 valence electrons. The van der Waals surface area contributed by atoms with Crippen LogP contribution in [0.4, 0.5) is 0 Å². The van der Waals surface area contributed by atoms with Crippen molar-refractivity contribution in [2.75, 3.05) is 26.2 Å². The van der Waals surface area contributed by atoms with Crippen molar-refractivity contribution in [2.45, 2.75) is 38.8 Å². The van der Waals surface area contributed by atoms with E-state index < -0.39 is 0 Å². The lowest BCUT2D eigenvalue weighted by atomic mass is 9.89. The summed E-state index contributed by atoms with van der Waals surface area (Å²) < 4.78 is 0. The van der Waals surface area contributed by atoms with Gasteiger partial charge in [-0.2, -0.15) is 0 Å². The maximum atomic E-state index is 2.62. The van der Waals surface area contributed by atoms with Crippen LogP contribution in [-0.2, 0) is 11.1 Å². The van der Waals surface area contributed by atoms with E-state index in [2.05, 4.69) is 98.2 Å². The Morgan fingerprint density at radius 3 is 1.08 bits per heavy atom. The molecule has 2 nitrogen and oxygen atoms in total. The van der Waals surface area contributed by atoms with Crippen molar-refractivity contribution in [1.29, 1.82) is 0 Å². The van der Waals surface area contributed by atoms with Gasteiger partial charge >= 0.3 is 0 Å². The summed E-state index contributed by atoms with van der Waals surface area (Å²) in [7, 11) is 0. The van der Waals surface area contributed by atoms with Crippen LogP contribution in [0.5, 0.6) is 0 Å². The second kappa shape index (κ2) is 9.23. The molecule has 0 N–H and O–H groups in total. The van der Waals surface area contributed by atoms with E-state index in [0.717, 1.165) is 26.2 Å². The summed E-state index contributed by atoms with van der Waals surface area (Å²) in [6.45, 7) is 13.8. The number of piperazine rings is 1. The first-order valence-electron chi connectivity index (χ1n) is 9.03. The molecular weight excluding hydrogens is 363 g/mol. The zero-order valence-corrected chi connectivity index (χ0v) is 17.9. The Bertz CT molecular complexity index is 589. The number of benzene rings is 2. The van der Waals surface area contributed by atoms with Crippen LogP contribution in [0.2, 0.25) is 0 Å². The Morgan fingerprint density at radius 1 is 0.538 bits per heavy atom. The van der Waals surface area contributed by atoms with Gasteiger partial charge < -0.3 is 0 Å². The van der Waals surface area contributed by atoms with Gasteiger partial charge in [-0.1, -0.05) is 60.7 Å². The minimum atomic E-state index is 0. The fourth-order valence-electron chi connectivity index (χ4n) is 3.88. The van der Waals surface area contributed by atoms with Crippen LogP contribution in [-0.4, -0.2) is 36.0 Å². The molecule has 0 atom stereocenters. The molecule has 1 heterocycles. The summed E-state index contributed by atoms with van der Waals surface area (Å²) in [5.74, 6) is 0. The molecule has 1 fully saturated rings. The van der Waals surface area contributed by atoms with Crippen LogP contribution in [0.3, 0.4) is 0 Å². The van der Waals surface area contributed by atoms with E-state index in [4.69, 9.17) is 0 Å². The van der Waals surface area contributed by atoms with Crippen LogP contribution in [0.1, 0.15) is 38.8 Å². The third-order valence-electron chi connectivity index (χ3n) is 5.82. The van der Waals surface area contributed by atoms with Crippen LogP contribution < -0.4 is 0 Å². The van der Waals surface area contributed by atoms with Crippen LogP contribution in [0, 0.1) is 0 Å². The summed E-state index contributed by atoms with van der Waals surface area (Å²) in [6, 6.07) is 21.8. The predicted octanol–water partition coefficient (Wildman–Crippen LogP) is 5.32. The number of rotatable bonds is 4. The van der Waals surface area contributed by atoms with Gasteiger partial charge in [0.1, 0.15) is 0 Å². The van der Waals surface area contributed by atoms with E-state index in [1.54, 1.807) is 0 Å². The molecule has 4 heteroatoms. The molecule has 2 aromatic carbocycles. The molecule has 1 aliphatic heterocycles. The highest BCUT2D eigenvalue weighted by molar-refractivity contribution is 5.85. The van der Waals surface area contributed by atoms with Crippen molar-refractivity contribution < 1.29 is 0 Å². The fourth-order valence-corrected chi connectivity index (χ4v) is 3.88. The minimum Gasteiger partial charge on any atom is -0.292 e. The Labute approximate surface area is 171 Å². The molecule has 3 rings (SSSR count). The Morgan fingerprint density at radius 2 is 0.808 bits per heavy atom. The SMILES string of the molecule is CC(C)(c1ccccc1)N1CCN(C(C)(C)c2ccccc2)CC1.Cl.Cl. The molecule has 26 heavy (non-hydrogen) atoms. The van der Waals surface area contributed by atoms with Gasteiger partial charge in [0, 0.05) is 37.3 Å². The first-order valence-corrected chi connectivity index (χ1v) is 9.03. The standard InChI is InChI=1S/C22H30N2.2ClH/c1-21(2,19-11-7-5-8-12-19)23-15-17-24(18-16-23)22(3,4)20-13-9-6-10-14-20;;/h5-14H,15-18H2,1-4H3;2*1H. The average Bonchev–Trinajstić information content (AvgIpc) is 2.63. The van der Waals surface area contributed by atoms with E-state index in [-0.39, 0.29) is 35.9 Å². The molecule has 0 aromatic heterocycles. The molecule has 0 aliphatic carbocycles. The normalized spacial score (nSPS) is 16.5. The van der Waals surface area contributed by atoms with E-state index in [1.807, 2.05) is 0 Å². The maximum absolute atomic E-state index is 2.62. The zero-order valence-electron chi connectivity index (χ0n) is 16.3. The molecule has 1 aliphatic rings. The van der Waals surface area contributed by atoms with Crippen molar-refractivity contribution in [3.63, 3.8) is 0 Å². The smallest absolute Gasteiger partial charge is 0.0405 e. The number of nitrogens with zero attached hydrogens (tertiary/aromatic N) is 2. The van der Waals surface area contributed by atoms with Crippen molar-refractivity contribution in [3.05, 3.63) is 71.8 Å². The van der Waals surface area contributed by atoms with Crippen molar-refractivity contribution in [2.24, 2.45) is 0 Å². The first-order chi connectivity index (χ1) is 11.4. The minimum absolute atomic E-state index is 0. The van der Waals surface area contributed by atoms with Crippen molar-refractivity contribution in [1.82, 2.24) is 9.80 Å². The second-order valence-corrected chi connectivity index (χ2v) is 7.82. The number of halogens is 2. The lowest BCUT2D eigenvalue weighted by Gasteiger charge is -2.49. The summed E-state index contributed by atoms with van der Waals surface area (Å²) in [5.41, 5.74) is 2.98. The molecule has 0 bridgehead atoms. The van der Waals surface area contributed by atoms with Crippen molar-refractivity contribution in [3.8, 4) is 0 Å². The van der Waals surface area contributed by atoms with Gasteiger partial charge in [0.15, 0.2) is 0 Å². The third-order valence-corrected chi connectivity index (χ3v) is 5.82. The van der Waals surface area contributed by atoms with Crippen LogP contribution in [0.15, 0.2) is 60.7 Å². The van der Waals surface area contributed by atoms with Gasteiger partial charge in [-0.05, 0) is 38.8 Å². The largest absolute Gasteiger partial charge is 0.292 e. The van der Waals surface area contributed by atoms with Gasteiger partial charge in [0.2, 0.25) is 0 Å². The number of hydrogen-bond acceptors (Lipinski definition) is 2. The van der Waals surface area contributed by atoms with E-state index in [1.165, 1.54) is 11.1 Å². The van der Waals surface area contributed by atoms with Gasteiger partial charge in [-0.25, -0.2) is 0 Å². The van der Waals surface area contributed by atoms with Gasteiger partial charge in [-0.3, -0.25) is 9.80 Å². The highest BCUT2D eigenvalue weighted by Gasteiger charge is 2.36. The average molecular weight is 395 g/mol. The molecule has 0 amide bonds. The topological polar surface area (TPSA) is 6.48 Å². The summed E-state index contributed by atoms with van der Waals surface area (Å²) in [6.07, 6.45) is 0.